The van der Waals surface area contributed by atoms with E-state index in [2.05, 4.69) is 0 Å². The van der Waals surface area contributed by atoms with Gasteiger partial charge in [0.2, 0.25) is 0 Å². The van der Waals surface area contributed by atoms with Crippen molar-refractivity contribution in [3.63, 3.8) is 0 Å². The first kappa shape index (κ1) is 16.0. The minimum Gasteiger partial charge on any atom is -0.478 e. The molecule has 0 spiro atoms. The predicted molar refractivity (Wildman–Crippen MR) is 47.8 cm³/mol. The van der Waals surface area contributed by atoms with Crippen LogP contribution in [-0.4, -0.2) is 36.8 Å². The van der Waals surface area contributed by atoms with Crippen LogP contribution in [0.25, 0.3) is 0 Å². The minimum atomic E-state index is -4.64. The molecule has 0 aliphatic carbocycles. The largest absolute Gasteiger partial charge is 0.478 e. The van der Waals surface area contributed by atoms with Crippen LogP contribution in [0.4, 0.5) is 0 Å². The fourth-order valence-electron chi connectivity index (χ4n) is 0.276. The van der Waals surface area contributed by atoms with Crippen molar-refractivity contribution >= 4 is 19.8 Å². The highest BCUT2D eigenvalue weighted by Gasteiger charge is 2.00. The Morgan fingerprint density at radius 2 is 1.07 bits per heavy atom. The van der Waals surface area contributed by atoms with Crippen LogP contribution in [0.15, 0.2) is 24.3 Å². The molecule has 0 rings (SSSR count). The van der Waals surface area contributed by atoms with Gasteiger partial charge in [-0.25, -0.2) is 14.2 Å². The first-order chi connectivity index (χ1) is 6.63. The number of carboxylic acid groups (broad SMARTS) is 2. The number of hydrogen-bond donors (Lipinski definition) is 5. The normalized spacial score (nSPS) is 11.1. The molecule has 0 heterocycles. The molecule has 0 radical (unpaired) electrons. The lowest BCUT2D eigenvalue weighted by Gasteiger charge is -1.82. The maximum Gasteiger partial charge on any atom is 0.466 e. The second kappa shape index (κ2) is 7.89. The van der Waals surface area contributed by atoms with Crippen molar-refractivity contribution in [2.45, 2.75) is 0 Å². The Balaban J connectivity index is 0. The monoisotopic (exact) mass is 240 g/mol. The van der Waals surface area contributed by atoms with E-state index in [0.717, 1.165) is 24.3 Å². The zero-order valence-electron chi connectivity index (χ0n) is 7.22. The van der Waals surface area contributed by atoms with Crippen LogP contribution in [0.2, 0.25) is 0 Å². The van der Waals surface area contributed by atoms with Gasteiger partial charge in [0.15, 0.2) is 0 Å². The summed E-state index contributed by atoms with van der Waals surface area (Å²) in [6.45, 7) is 0. The summed E-state index contributed by atoms with van der Waals surface area (Å²) in [5.74, 6) is -2.20. The number of phosphoric acid groups is 1. The Morgan fingerprint density at radius 3 is 1.20 bits per heavy atom. The number of carboxylic acids is 2. The van der Waals surface area contributed by atoms with Crippen molar-refractivity contribution in [2.24, 2.45) is 0 Å². The molecule has 5 N–H and O–H groups in total. The van der Waals surface area contributed by atoms with Gasteiger partial charge >= 0.3 is 19.8 Å². The van der Waals surface area contributed by atoms with Crippen LogP contribution >= 0.6 is 7.82 Å². The molecule has 0 saturated heterocycles. The molecule has 0 aliphatic rings. The van der Waals surface area contributed by atoms with Gasteiger partial charge in [0.25, 0.3) is 0 Å². The molecule has 15 heavy (non-hydrogen) atoms. The maximum atomic E-state index is 9.78. The van der Waals surface area contributed by atoms with E-state index in [9.17, 15) is 9.59 Å². The summed E-state index contributed by atoms with van der Waals surface area (Å²) < 4.78 is 8.88. The highest BCUT2D eigenvalue weighted by Crippen LogP contribution is 2.25. The highest BCUT2D eigenvalue weighted by atomic mass is 31.2. The molecule has 0 aliphatic heterocycles. The molecule has 0 amide bonds. The molecular formula is C6H9O8P. The highest BCUT2D eigenvalue weighted by molar-refractivity contribution is 7.45. The number of rotatable bonds is 3. The topological polar surface area (TPSA) is 152 Å². The van der Waals surface area contributed by atoms with Crippen molar-refractivity contribution in [1.82, 2.24) is 0 Å². The van der Waals surface area contributed by atoms with Gasteiger partial charge in [0.05, 0.1) is 0 Å². The van der Waals surface area contributed by atoms with Crippen molar-refractivity contribution in [2.75, 3.05) is 0 Å². The Kier molecular flexibility index (Phi) is 8.40. The molecule has 86 valence electrons. The van der Waals surface area contributed by atoms with Crippen molar-refractivity contribution < 1.29 is 39.0 Å². The summed E-state index contributed by atoms with van der Waals surface area (Å²) in [5.41, 5.74) is 0. The lowest BCUT2D eigenvalue weighted by Crippen LogP contribution is -1.86. The number of aliphatic carboxylic acids is 2. The van der Waals surface area contributed by atoms with Crippen molar-refractivity contribution in [1.29, 1.82) is 0 Å². The average molecular weight is 240 g/mol. The van der Waals surface area contributed by atoms with Crippen LogP contribution in [-0.2, 0) is 14.2 Å². The molecule has 0 aromatic carbocycles. The number of allylic oxidation sites excluding steroid dienone is 2. The fourth-order valence-corrected chi connectivity index (χ4v) is 0.276. The van der Waals surface area contributed by atoms with E-state index in [1.165, 1.54) is 0 Å². The third-order valence-electron chi connectivity index (χ3n) is 0.589. The van der Waals surface area contributed by atoms with Crippen molar-refractivity contribution in [3.8, 4) is 0 Å². The molecule has 0 fully saturated rings. The van der Waals surface area contributed by atoms with Crippen molar-refractivity contribution in [3.05, 3.63) is 24.3 Å². The fraction of sp³-hybridized carbons (Fsp3) is 0. The van der Waals surface area contributed by atoms with Gasteiger partial charge in [-0.1, -0.05) is 12.2 Å². The van der Waals surface area contributed by atoms with Crippen LogP contribution in [0.3, 0.4) is 0 Å². The number of carbonyl (C=O) groups is 2. The van der Waals surface area contributed by atoms with E-state index in [1.54, 1.807) is 0 Å². The van der Waals surface area contributed by atoms with E-state index in [4.69, 9.17) is 29.5 Å². The average Bonchev–Trinajstić information content (AvgIpc) is 1.94. The molecule has 0 atom stereocenters. The zero-order valence-corrected chi connectivity index (χ0v) is 8.11. The molecule has 0 aromatic rings. The maximum absolute atomic E-state index is 9.78. The third-order valence-corrected chi connectivity index (χ3v) is 0.589. The Bertz CT molecular complexity index is 281. The summed E-state index contributed by atoms with van der Waals surface area (Å²) in [5, 5.41) is 16.0. The molecule has 0 aromatic heterocycles. The molecule has 9 heteroatoms. The van der Waals surface area contributed by atoms with Gasteiger partial charge in [-0.3, -0.25) is 0 Å². The van der Waals surface area contributed by atoms with Gasteiger partial charge in [-0.15, -0.1) is 0 Å². The molecule has 8 nitrogen and oxygen atoms in total. The summed E-state index contributed by atoms with van der Waals surface area (Å²) in [6, 6.07) is 0. The van der Waals surface area contributed by atoms with Gasteiger partial charge in [-0.05, 0) is 0 Å². The lowest BCUT2D eigenvalue weighted by molar-refractivity contribution is -0.132. The van der Waals surface area contributed by atoms with E-state index in [-0.39, 0.29) is 0 Å². The van der Waals surface area contributed by atoms with Crippen LogP contribution in [0.5, 0.6) is 0 Å². The van der Waals surface area contributed by atoms with Crippen LogP contribution in [0.1, 0.15) is 0 Å². The Hall–Kier alpha value is -1.47. The van der Waals surface area contributed by atoms with Crippen LogP contribution in [0, 0.1) is 0 Å². The smallest absolute Gasteiger partial charge is 0.466 e. The first-order valence-corrected chi connectivity index (χ1v) is 4.78. The molecule has 0 saturated carbocycles. The summed E-state index contributed by atoms with van der Waals surface area (Å²) >= 11 is 0. The lowest BCUT2D eigenvalue weighted by atomic mass is 10.4. The standard InChI is InChI=1S/C6H6O4.H3O4P/c7-5(8)3-1-2-4-6(9)10;1-5(2,3)4/h1-4H,(H,7,8)(H,9,10);(H3,1,2,3,4)/b3-1+,4-2+;. The summed E-state index contributed by atoms with van der Waals surface area (Å²) in [6.07, 6.45) is 3.96. The quantitative estimate of drug-likeness (QED) is 0.247. The minimum absolute atomic E-state index is 0.847. The van der Waals surface area contributed by atoms with Gasteiger partial charge in [-0.2, -0.15) is 0 Å². The SMILES string of the molecule is O=C(O)/C=C/C=C/C(=O)O.O=P(O)(O)O. The van der Waals surface area contributed by atoms with E-state index in [1.807, 2.05) is 0 Å². The van der Waals surface area contributed by atoms with E-state index >= 15 is 0 Å². The van der Waals surface area contributed by atoms with E-state index < -0.39 is 19.8 Å². The summed E-state index contributed by atoms with van der Waals surface area (Å²) in [4.78, 5) is 41.1. The van der Waals surface area contributed by atoms with Gasteiger partial charge in [0, 0.05) is 12.2 Å². The van der Waals surface area contributed by atoms with Gasteiger partial charge in [0.1, 0.15) is 0 Å². The first-order valence-electron chi connectivity index (χ1n) is 3.22. The molecule has 0 bridgehead atoms. The zero-order chi connectivity index (χ0) is 12.5. The molecular weight excluding hydrogens is 231 g/mol. The second-order valence-electron chi connectivity index (χ2n) is 1.91. The Morgan fingerprint density at radius 1 is 0.867 bits per heavy atom. The second-order valence-corrected chi connectivity index (χ2v) is 2.93. The molecule has 0 unspecified atom stereocenters. The van der Waals surface area contributed by atoms with Gasteiger partial charge < -0.3 is 24.9 Å². The van der Waals surface area contributed by atoms with Crippen LogP contribution < -0.4 is 0 Å². The summed E-state index contributed by atoms with van der Waals surface area (Å²) in [7, 11) is -4.64. The third kappa shape index (κ3) is 45.4. The Labute approximate surface area is 84.0 Å². The number of hydrogen-bond acceptors (Lipinski definition) is 3. The predicted octanol–water partition coefficient (Wildman–Crippen LogP) is -0.661. The van der Waals surface area contributed by atoms with E-state index in [0.29, 0.717) is 0 Å².